The number of rotatable bonds is 5. The van der Waals surface area contributed by atoms with Crippen molar-refractivity contribution < 1.29 is 19.6 Å². The monoisotopic (exact) mass is 955 g/mol. The molecule has 184 valence electrons. The summed E-state index contributed by atoms with van der Waals surface area (Å²) >= 11 is 12.2. The molecular weight excluding hydrogens is 927 g/mol. The zero-order chi connectivity index (χ0) is 22.4. The maximum absolute atomic E-state index is 10.4. The van der Waals surface area contributed by atoms with E-state index in [0.717, 1.165) is 11.3 Å². The summed E-state index contributed by atoms with van der Waals surface area (Å²) in [4.78, 5) is 10.1. The van der Waals surface area contributed by atoms with Gasteiger partial charge in [-0.25, -0.2) is 0 Å². The fourth-order valence-corrected chi connectivity index (χ4v) is 2.03. The molecule has 0 saturated carbocycles. The number of nitrogen functional groups attached to an aromatic ring is 2. The van der Waals surface area contributed by atoms with E-state index >= 15 is 0 Å². The number of nitroso groups, excluding NO2 is 1. The van der Waals surface area contributed by atoms with Crippen molar-refractivity contribution in [2.24, 2.45) is 5.18 Å². The van der Waals surface area contributed by atoms with Crippen LogP contribution in [0.1, 0.15) is 18.6 Å². The Labute approximate surface area is 250 Å². The Morgan fingerprint density at radius 3 is 2.19 bits per heavy atom. The molecule has 0 saturated heterocycles. The van der Waals surface area contributed by atoms with Crippen molar-refractivity contribution in [1.29, 1.82) is 0 Å². The molecule has 2 aromatic carbocycles. The van der Waals surface area contributed by atoms with Crippen LogP contribution >= 0.6 is 96.1 Å². The minimum absolute atomic E-state index is 0. The molecule has 0 atom stereocenters. The molecule has 0 spiro atoms. The van der Waals surface area contributed by atoms with Crippen molar-refractivity contribution in [3.8, 4) is 0 Å². The van der Waals surface area contributed by atoms with Gasteiger partial charge in [0.25, 0.3) is 0 Å². The molecule has 0 aliphatic heterocycles. The number of nitrogens with two attached hydrogens (primary N) is 2. The van der Waals surface area contributed by atoms with Crippen LogP contribution in [-0.4, -0.2) is 24.5 Å². The van der Waals surface area contributed by atoms with Crippen LogP contribution in [0.25, 0.3) is 0 Å². The topological polar surface area (TPSA) is 132 Å². The van der Waals surface area contributed by atoms with Crippen molar-refractivity contribution in [3.63, 3.8) is 0 Å². The second kappa shape index (κ2) is 23.5. The Bertz CT molecular complexity index is 805. The van der Waals surface area contributed by atoms with Gasteiger partial charge >= 0.3 is 64.9 Å². The summed E-state index contributed by atoms with van der Waals surface area (Å²) in [6.07, 6.45) is 0. The Hall–Kier alpha value is 0.754. The minimum atomic E-state index is -0.278. The van der Waals surface area contributed by atoms with E-state index in [4.69, 9.17) is 38.4 Å². The van der Waals surface area contributed by atoms with Crippen LogP contribution < -0.4 is 16.9 Å². The predicted octanol–water partition coefficient (Wildman–Crippen LogP) is 7.56. The fraction of sp³-hybridized carbons (Fsp3) is 0.222. The Kier molecular flexibility index (Phi) is 29.3. The van der Waals surface area contributed by atoms with E-state index < -0.39 is 0 Å². The number of hydrogen-bond donors (Lipinski definition) is 4. The van der Waals surface area contributed by atoms with E-state index in [1.54, 1.807) is 19.2 Å². The molecule has 0 heterocycles. The van der Waals surface area contributed by atoms with Gasteiger partial charge in [-0.15, -0.1) is 28.9 Å². The molecule has 0 unspecified atom stereocenters. The van der Waals surface area contributed by atoms with E-state index in [2.05, 4.69) is 65.1 Å². The van der Waals surface area contributed by atoms with Crippen LogP contribution in [0.2, 0.25) is 0 Å². The zero-order valence-corrected chi connectivity index (χ0v) is 27.9. The summed E-state index contributed by atoms with van der Waals surface area (Å²) in [6.45, 7) is 0.511. The summed E-state index contributed by atoms with van der Waals surface area (Å²) < 4.78 is 9.73. The van der Waals surface area contributed by atoms with Crippen LogP contribution in [0, 0.1) is 12.3 Å². The van der Waals surface area contributed by atoms with Gasteiger partial charge in [-0.1, -0.05) is 7.43 Å². The number of halogens is 4. The summed E-state index contributed by atoms with van der Waals surface area (Å²) in [5.41, 5.74) is 16.5. The summed E-state index contributed by atoms with van der Waals surface area (Å²) in [7, 11) is 3.03. The number of ether oxygens (including phenoxy) is 2. The maximum atomic E-state index is 10.4. The number of hydrogen-bond acceptors (Lipinski definition) is 9. The van der Waals surface area contributed by atoms with Crippen LogP contribution in [0.5, 0.6) is 0 Å². The molecule has 0 fully saturated rings. The first-order valence-electron chi connectivity index (χ1n) is 7.56. The number of methoxy groups -OCH3 is 2. The summed E-state index contributed by atoms with van der Waals surface area (Å²) in [5.74, 6) is 0. The normalized spacial score (nSPS) is 8.59. The SMILES string of the molecule is C.COC(=S)c1cc(NO)ccc1N=O.COCc1cc(N)ccc1N.I.[CH3-].[I][V]([I])[I]. The van der Waals surface area contributed by atoms with E-state index in [1.807, 2.05) is 11.5 Å². The number of nitrogens with one attached hydrogen (secondary N) is 1. The standard InChI is InChI=1S/C8H8N2O3S.C8H12N2O.CH4.CH3.4HI.V/c1-13-8(14)6-4-5(9-11)2-3-7(6)10-12;1-11-5-6-4-7(9)2-3-8(6)10;;;;;;;/h2-4,9,11H,1H3;2-4H,5,9-10H2,1H3;1H4;1H3;4*1H;/q;;;-1;;;;;+3/p-3. The van der Waals surface area contributed by atoms with Gasteiger partial charge in [0.1, 0.15) is 5.69 Å². The third kappa shape index (κ3) is 17.2. The molecule has 2 rings (SSSR count). The first kappa shape index (κ1) is 39.9. The van der Waals surface area contributed by atoms with Gasteiger partial charge in [0.2, 0.25) is 0 Å². The van der Waals surface area contributed by atoms with E-state index in [0.29, 0.717) is 23.5 Å². The Morgan fingerprint density at radius 1 is 1.19 bits per heavy atom. The second-order valence-corrected chi connectivity index (χ2v) is 40.7. The van der Waals surface area contributed by atoms with Crippen LogP contribution in [0.4, 0.5) is 22.7 Å². The van der Waals surface area contributed by atoms with Crippen molar-refractivity contribution >= 4 is 124 Å². The van der Waals surface area contributed by atoms with Crippen molar-refractivity contribution in [3.05, 3.63) is 59.9 Å². The van der Waals surface area contributed by atoms with Gasteiger partial charge in [0.15, 0.2) is 5.05 Å². The molecular formula is C18H28I4N4O4SV-. The molecule has 32 heavy (non-hydrogen) atoms. The van der Waals surface area contributed by atoms with E-state index in [1.165, 1.54) is 25.3 Å². The Balaban J connectivity index is -0.000000197. The third-order valence-electron chi connectivity index (χ3n) is 3.10. The quantitative estimate of drug-likeness (QED) is 0.0604. The average Bonchev–Trinajstić information content (AvgIpc) is 2.70. The average molecular weight is 955 g/mol. The van der Waals surface area contributed by atoms with Gasteiger partial charge in [-0.3, -0.25) is 10.7 Å². The number of thiocarbonyl (C=S) groups is 1. The number of nitrogens with zero attached hydrogens (tertiary/aromatic N) is 1. The van der Waals surface area contributed by atoms with Crippen molar-refractivity contribution in [2.75, 3.05) is 31.2 Å². The van der Waals surface area contributed by atoms with E-state index in [-0.39, 0.29) is 54.5 Å². The number of benzene rings is 2. The molecule has 8 nitrogen and oxygen atoms in total. The third-order valence-corrected chi connectivity index (χ3v) is 3.48. The second-order valence-electron chi connectivity index (χ2n) is 5.01. The molecule has 6 N–H and O–H groups in total. The molecule has 14 heteroatoms. The fourth-order valence-electron chi connectivity index (χ4n) is 1.86. The van der Waals surface area contributed by atoms with Crippen LogP contribution in [0.15, 0.2) is 41.6 Å². The molecule has 0 radical (unpaired) electrons. The number of anilines is 3. The van der Waals surface area contributed by atoms with Gasteiger partial charge in [0, 0.05) is 24.0 Å². The van der Waals surface area contributed by atoms with Gasteiger partial charge in [-0.05, 0) is 53.8 Å². The molecule has 0 aliphatic rings. The summed E-state index contributed by atoms with van der Waals surface area (Å²) in [6, 6.07) is 9.78. The zero-order valence-electron chi connectivity index (χ0n) is 16.8. The van der Waals surface area contributed by atoms with Crippen LogP contribution in [0.3, 0.4) is 0 Å². The first-order valence-corrected chi connectivity index (χ1v) is 21.5. The summed E-state index contributed by atoms with van der Waals surface area (Å²) in [5, 5.41) is 11.6. The Morgan fingerprint density at radius 2 is 1.75 bits per heavy atom. The molecule has 2 aromatic rings. The first-order chi connectivity index (χ1) is 13.7. The van der Waals surface area contributed by atoms with E-state index in [9.17, 15) is 4.91 Å². The van der Waals surface area contributed by atoms with Gasteiger partial charge < -0.3 is 28.4 Å². The molecule has 0 bridgehead atoms. The van der Waals surface area contributed by atoms with Crippen molar-refractivity contribution in [1.82, 2.24) is 0 Å². The predicted molar refractivity (Wildman–Crippen MR) is 173 cm³/mol. The molecule has 0 aliphatic carbocycles. The van der Waals surface area contributed by atoms with Gasteiger partial charge in [-0.2, -0.15) is 0 Å². The van der Waals surface area contributed by atoms with Gasteiger partial charge in [0.05, 0.1) is 25.0 Å². The van der Waals surface area contributed by atoms with Crippen molar-refractivity contribution in [2.45, 2.75) is 14.0 Å². The molecule has 0 aromatic heterocycles. The molecule has 0 amide bonds. The van der Waals surface area contributed by atoms with Crippen LogP contribution in [-0.2, 0) is 21.0 Å².